The molecule has 0 unspecified atom stereocenters. The average Bonchev–Trinajstić information content (AvgIpc) is 3.89. The van der Waals surface area contributed by atoms with Crippen LogP contribution >= 0.6 is 0 Å². The Morgan fingerprint density at radius 1 is 0.831 bits per heavy atom. The summed E-state index contributed by atoms with van der Waals surface area (Å²) in [5.41, 5.74) is 0.762. The topological polar surface area (TPSA) is 221 Å². The van der Waals surface area contributed by atoms with E-state index < -0.39 is 66.1 Å². The molecule has 4 N–H and O–H groups in total. The quantitative estimate of drug-likeness (QED) is 0.0740. The van der Waals surface area contributed by atoms with Crippen LogP contribution in [0.1, 0.15) is 105 Å². The number of methoxy groups -OCH3 is 2. The van der Waals surface area contributed by atoms with Gasteiger partial charge in [0.2, 0.25) is 29.5 Å². The Balaban J connectivity index is 1.69. The van der Waals surface area contributed by atoms with Gasteiger partial charge >= 0.3 is 5.97 Å². The monoisotopic (exact) mass is 911 g/mol. The largest absolute Gasteiger partial charge is 0.480 e. The fourth-order valence-corrected chi connectivity index (χ4v) is 8.80. The number of carboxylic acid groups (broad SMARTS) is 1. The summed E-state index contributed by atoms with van der Waals surface area (Å²) in [7, 11) is 4.61. The molecule has 0 bridgehead atoms. The Morgan fingerprint density at radius 3 is 2.02 bits per heavy atom. The molecule has 3 rings (SSSR count). The number of unbranched alkanes of at least 4 members (excludes halogenated alkanes) is 2. The lowest BCUT2D eigenvalue weighted by molar-refractivity contribution is -0.148. The molecule has 17 nitrogen and oxygen atoms in total. The van der Waals surface area contributed by atoms with Crippen molar-refractivity contribution in [3.05, 3.63) is 48.0 Å². The average molecular weight is 911 g/mol. The van der Waals surface area contributed by atoms with E-state index >= 15 is 0 Å². The van der Waals surface area contributed by atoms with Crippen molar-refractivity contribution >= 4 is 47.3 Å². The maximum atomic E-state index is 14.5. The van der Waals surface area contributed by atoms with Gasteiger partial charge in [-0.3, -0.25) is 38.5 Å². The molecule has 0 saturated carbocycles. The van der Waals surface area contributed by atoms with Crippen molar-refractivity contribution in [3.8, 4) is 0 Å². The number of rotatable bonds is 27. The van der Waals surface area contributed by atoms with Crippen molar-refractivity contribution in [2.45, 2.75) is 149 Å². The first kappa shape index (κ1) is 54.2. The van der Waals surface area contributed by atoms with Crippen LogP contribution in [0.25, 0.3) is 0 Å². The molecule has 65 heavy (non-hydrogen) atoms. The maximum Gasteiger partial charge on any atom is 0.326 e. The second-order valence-corrected chi connectivity index (χ2v) is 18.2. The fourth-order valence-electron chi connectivity index (χ4n) is 8.80. The molecule has 0 spiro atoms. The molecule has 17 heteroatoms. The zero-order chi connectivity index (χ0) is 48.5. The van der Waals surface area contributed by atoms with Crippen molar-refractivity contribution in [1.29, 1.82) is 0 Å². The number of likely N-dealkylation sites (tertiary alicyclic amines) is 1. The van der Waals surface area contributed by atoms with Gasteiger partial charge in [0.25, 0.3) is 11.8 Å². The normalized spacial score (nSPS) is 18.7. The predicted molar refractivity (Wildman–Crippen MR) is 244 cm³/mol. The summed E-state index contributed by atoms with van der Waals surface area (Å²) in [5.74, 6) is -5.39. The third kappa shape index (κ3) is 15.2. The van der Waals surface area contributed by atoms with E-state index in [1.165, 1.54) is 26.4 Å². The number of carbonyl (C=O) groups excluding carboxylic acids is 7. The lowest BCUT2D eigenvalue weighted by Gasteiger charge is -2.41. The van der Waals surface area contributed by atoms with E-state index in [-0.39, 0.29) is 73.1 Å². The molecule has 0 aliphatic carbocycles. The van der Waals surface area contributed by atoms with Crippen molar-refractivity contribution in [1.82, 2.24) is 30.7 Å². The molecule has 2 aliphatic rings. The van der Waals surface area contributed by atoms with Crippen LogP contribution in [0.2, 0.25) is 0 Å². The highest BCUT2D eigenvalue weighted by atomic mass is 16.5. The summed E-state index contributed by atoms with van der Waals surface area (Å²) in [5, 5.41) is 18.3. The van der Waals surface area contributed by atoms with Gasteiger partial charge in [-0.05, 0) is 49.0 Å². The van der Waals surface area contributed by atoms with E-state index in [1.54, 1.807) is 61.9 Å². The number of imide groups is 1. The van der Waals surface area contributed by atoms with Gasteiger partial charge in [0.1, 0.15) is 18.1 Å². The van der Waals surface area contributed by atoms with Crippen molar-refractivity contribution < 1.29 is 52.9 Å². The van der Waals surface area contributed by atoms with Crippen LogP contribution < -0.4 is 16.0 Å². The molecular weight excluding hydrogens is 837 g/mol. The van der Waals surface area contributed by atoms with Crippen molar-refractivity contribution in [3.63, 3.8) is 0 Å². The summed E-state index contributed by atoms with van der Waals surface area (Å²) < 4.78 is 11.9. The number of benzene rings is 1. The Bertz CT molecular complexity index is 1800. The smallest absolute Gasteiger partial charge is 0.326 e. The van der Waals surface area contributed by atoms with E-state index in [1.807, 2.05) is 33.8 Å². The Labute approximate surface area is 384 Å². The highest BCUT2D eigenvalue weighted by Gasteiger charge is 2.43. The summed E-state index contributed by atoms with van der Waals surface area (Å²) in [6, 6.07) is 4.91. The molecule has 2 aliphatic heterocycles. The number of amides is 7. The molecule has 2 heterocycles. The third-order valence-electron chi connectivity index (χ3n) is 12.8. The minimum Gasteiger partial charge on any atom is -0.480 e. The van der Waals surface area contributed by atoms with E-state index in [4.69, 9.17) is 9.47 Å². The van der Waals surface area contributed by atoms with Gasteiger partial charge in [0.15, 0.2) is 0 Å². The lowest BCUT2D eigenvalue weighted by atomic mass is 9.89. The van der Waals surface area contributed by atoms with Gasteiger partial charge in [0.05, 0.1) is 36.6 Å². The third-order valence-corrected chi connectivity index (χ3v) is 12.8. The molecule has 1 aromatic carbocycles. The van der Waals surface area contributed by atoms with E-state index in [0.29, 0.717) is 45.1 Å². The summed E-state index contributed by atoms with van der Waals surface area (Å²) in [6.45, 7) is 13.6. The number of hydrogen-bond acceptors (Lipinski definition) is 10. The minimum absolute atomic E-state index is 0.0827. The molecule has 362 valence electrons. The first-order chi connectivity index (χ1) is 30.8. The van der Waals surface area contributed by atoms with Crippen LogP contribution in [0, 0.1) is 23.7 Å². The van der Waals surface area contributed by atoms with Gasteiger partial charge in [-0.25, -0.2) is 4.79 Å². The number of nitrogens with zero attached hydrogens (tertiary/aromatic N) is 3. The van der Waals surface area contributed by atoms with Crippen LogP contribution in [0.3, 0.4) is 0 Å². The predicted octanol–water partition coefficient (Wildman–Crippen LogP) is 3.49. The fraction of sp³-hybridized carbons (Fsp3) is 0.667. The summed E-state index contributed by atoms with van der Waals surface area (Å²) >= 11 is 0. The SMILES string of the molecule is CC[C@H](C)[C@@H]([C@@H](CC(=O)N1CCC[C@H]1[C@H](OC)[C@@H](C)C(=O)N[C@@H](Cc1ccccc1)C(=O)O)OC)N(C)C(=O)[C@@H](NC(=O)[C@@H](NC(=O)CCCCCN1C(=O)C=CC1=O)C(C)C)C(C)C. The van der Waals surface area contributed by atoms with Crippen molar-refractivity contribution in [2.24, 2.45) is 23.7 Å². The molecule has 9 atom stereocenters. The summed E-state index contributed by atoms with van der Waals surface area (Å²) in [4.78, 5) is 109. The van der Waals surface area contributed by atoms with Gasteiger partial charge in [-0.1, -0.05) is 91.6 Å². The number of carbonyl (C=O) groups is 8. The number of nitrogens with one attached hydrogen (secondary N) is 3. The van der Waals surface area contributed by atoms with E-state index in [2.05, 4.69) is 16.0 Å². The zero-order valence-electron chi connectivity index (χ0n) is 40.0. The minimum atomic E-state index is -1.16. The number of ether oxygens (including phenoxy) is 2. The lowest BCUT2D eigenvalue weighted by Crippen LogP contribution is -2.60. The van der Waals surface area contributed by atoms with Crippen LogP contribution in [0.5, 0.6) is 0 Å². The standard InChI is InChI=1S/C48H74N6O11/c1-11-31(6)43(52(8)47(61)42(30(4)5)51-46(60)41(29(2)3)50-37(55)22-16-13-17-25-54-38(56)23-24-39(54)57)36(64-9)28-40(58)53-26-18-21-35(53)44(65-10)32(7)45(59)49-34(48(62)63)27-33-19-14-12-15-20-33/h12,14-15,19-20,23-24,29-32,34-36,41-44H,11,13,16-18,21-22,25-28H2,1-10H3,(H,49,59)(H,50,55)(H,51,60)(H,62,63)/t31-,32+,34-,35-,36+,41-,42-,43-,44+/m0/s1. The van der Waals surface area contributed by atoms with Gasteiger partial charge in [-0.2, -0.15) is 0 Å². The van der Waals surface area contributed by atoms with Crippen LogP contribution in [0.4, 0.5) is 0 Å². The molecule has 0 aromatic heterocycles. The van der Waals surface area contributed by atoms with E-state index in [0.717, 1.165) is 10.5 Å². The molecule has 1 fully saturated rings. The second kappa shape index (κ2) is 26.1. The van der Waals surface area contributed by atoms with Crippen LogP contribution in [-0.2, 0) is 54.3 Å². The zero-order valence-corrected chi connectivity index (χ0v) is 40.0. The van der Waals surface area contributed by atoms with Crippen molar-refractivity contribution in [2.75, 3.05) is 34.4 Å². The first-order valence-corrected chi connectivity index (χ1v) is 23.1. The Morgan fingerprint density at radius 2 is 1.46 bits per heavy atom. The number of likely N-dealkylation sites (N-methyl/N-ethyl adjacent to an activating group) is 1. The highest BCUT2D eigenvalue weighted by Crippen LogP contribution is 2.30. The van der Waals surface area contributed by atoms with Gasteiger partial charge in [-0.15, -0.1) is 0 Å². The Kier molecular flexibility index (Phi) is 21.8. The molecule has 1 aromatic rings. The van der Waals surface area contributed by atoms with Crippen LogP contribution in [0.15, 0.2) is 42.5 Å². The first-order valence-electron chi connectivity index (χ1n) is 23.1. The molecule has 7 amide bonds. The summed E-state index contributed by atoms with van der Waals surface area (Å²) in [6.07, 6.45) is 4.66. The Hall–Kier alpha value is -5.16. The van der Waals surface area contributed by atoms with Crippen LogP contribution in [-0.4, -0.2) is 144 Å². The highest BCUT2D eigenvalue weighted by molar-refractivity contribution is 6.12. The molecular formula is C48H74N6O11. The van der Waals surface area contributed by atoms with Gasteiger partial charge < -0.3 is 40.3 Å². The maximum absolute atomic E-state index is 14.5. The van der Waals surface area contributed by atoms with E-state index in [9.17, 15) is 43.5 Å². The molecule has 1 saturated heterocycles. The number of aliphatic carboxylic acids is 1. The number of hydrogen-bond donors (Lipinski definition) is 4. The second-order valence-electron chi connectivity index (χ2n) is 18.2. The van der Waals surface area contributed by atoms with Gasteiger partial charge in [0, 0.05) is 59.4 Å². The molecule has 0 radical (unpaired) electrons. The number of carboxylic acids is 1.